The van der Waals surface area contributed by atoms with Crippen molar-refractivity contribution in [3.63, 3.8) is 0 Å². The van der Waals surface area contributed by atoms with Crippen LogP contribution in [0.3, 0.4) is 0 Å². The summed E-state index contributed by atoms with van der Waals surface area (Å²) in [5.74, 6) is 0.878. The van der Waals surface area contributed by atoms with Gasteiger partial charge in [0, 0.05) is 11.6 Å². The molecule has 3 heteroatoms. The van der Waals surface area contributed by atoms with E-state index in [9.17, 15) is 4.39 Å². The van der Waals surface area contributed by atoms with Crippen LogP contribution in [0.2, 0.25) is 0 Å². The fourth-order valence-corrected chi connectivity index (χ4v) is 1.35. The van der Waals surface area contributed by atoms with Crippen LogP contribution in [0.1, 0.15) is 11.3 Å². The zero-order chi connectivity index (χ0) is 10.8. The fourth-order valence-electron chi connectivity index (χ4n) is 1.35. The standard InChI is InChI=1S/C12H8FNO/c1-8-10(7-14)6-12(15-8)9-2-4-11(13)5-3-9/h2-6H,1H3. The van der Waals surface area contributed by atoms with Gasteiger partial charge < -0.3 is 4.42 Å². The van der Waals surface area contributed by atoms with E-state index < -0.39 is 0 Å². The van der Waals surface area contributed by atoms with Crippen molar-refractivity contribution in [1.29, 1.82) is 5.26 Å². The summed E-state index contributed by atoms with van der Waals surface area (Å²) in [5.41, 5.74) is 1.27. The second-order valence-corrected chi connectivity index (χ2v) is 3.20. The van der Waals surface area contributed by atoms with E-state index in [0.29, 0.717) is 17.1 Å². The first-order valence-electron chi connectivity index (χ1n) is 4.47. The Morgan fingerprint density at radius 2 is 1.93 bits per heavy atom. The summed E-state index contributed by atoms with van der Waals surface area (Å²) < 4.78 is 18.1. The smallest absolute Gasteiger partial charge is 0.135 e. The minimum atomic E-state index is -0.289. The minimum Gasteiger partial charge on any atom is -0.460 e. The van der Waals surface area contributed by atoms with Gasteiger partial charge in [-0.3, -0.25) is 0 Å². The number of hydrogen-bond acceptors (Lipinski definition) is 2. The van der Waals surface area contributed by atoms with Crippen LogP contribution < -0.4 is 0 Å². The lowest BCUT2D eigenvalue weighted by Crippen LogP contribution is -1.75. The maximum absolute atomic E-state index is 12.7. The van der Waals surface area contributed by atoms with E-state index in [2.05, 4.69) is 0 Å². The molecule has 74 valence electrons. The highest BCUT2D eigenvalue weighted by Gasteiger charge is 2.08. The third-order valence-electron chi connectivity index (χ3n) is 2.17. The molecular formula is C12H8FNO. The second-order valence-electron chi connectivity index (χ2n) is 3.20. The molecule has 0 atom stereocenters. The lowest BCUT2D eigenvalue weighted by molar-refractivity contribution is 0.547. The molecule has 1 heterocycles. The molecule has 2 nitrogen and oxygen atoms in total. The van der Waals surface area contributed by atoms with Gasteiger partial charge in [-0.05, 0) is 31.2 Å². The highest BCUT2D eigenvalue weighted by Crippen LogP contribution is 2.24. The van der Waals surface area contributed by atoms with E-state index in [1.54, 1.807) is 25.1 Å². The van der Waals surface area contributed by atoms with Crippen LogP contribution in [0, 0.1) is 24.1 Å². The lowest BCUT2D eigenvalue weighted by atomic mass is 10.1. The maximum Gasteiger partial charge on any atom is 0.135 e. The molecule has 0 radical (unpaired) electrons. The summed E-state index contributed by atoms with van der Waals surface area (Å²) in [7, 11) is 0. The fraction of sp³-hybridized carbons (Fsp3) is 0.0833. The highest BCUT2D eigenvalue weighted by molar-refractivity contribution is 5.60. The third kappa shape index (κ3) is 1.75. The minimum absolute atomic E-state index is 0.289. The van der Waals surface area contributed by atoms with Crippen LogP contribution in [-0.4, -0.2) is 0 Å². The van der Waals surface area contributed by atoms with Gasteiger partial charge in [0.05, 0.1) is 5.56 Å². The Labute approximate surface area is 86.6 Å². The Hall–Kier alpha value is -2.08. The molecule has 0 fully saturated rings. The molecule has 0 spiro atoms. The Bertz CT molecular complexity index is 520. The monoisotopic (exact) mass is 201 g/mol. The average molecular weight is 201 g/mol. The molecule has 1 aromatic carbocycles. The van der Waals surface area contributed by atoms with Gasteiger partial charge in [0.1, 0.15) is 23.4 Å². The molecule has 2 rings (SSSR count). The second kappa shape index (κ2) is 3.58. The van der Waals surface area contributed by atoms with Crippen LogP contribution in [0.5, 0.6) is 0 Å². The quantitative estimate of drug-likeness (QED) is 0.710. The van der Waals surface area contributed by atoms with Crippen molar-refractivity contribution >= 4 is 0 Å². The molecule has 0 N–H and O–H groups in total. The summed E-state index contributed by atoms with van der Waals surface area (Å²) in [4.78, 5) is 0. The third-order valence-corrected chi connectivity index (χ3v) is 2.17. The summed E-state index contributed by atoms with van der Waals surface area (Å²) in [5, 5.41) is 8.75. The largest absolute Gasteiger partial charge is 0.460 e. The summed E-state index contributed by atoms with van der Waals surface area (Å²) in [6.07, 6.45) is 0. The number of halogens is 1. The average Bonchev–Trinajstić information content (AvgIpc) is 2.61. The summed E-state index contributed by atoms with van der Waals surface area (Å²) >= 11 is 0. The Morgan fingerprint density at radius 1 is 1.27 bits per heavy atom. The van der Waals surface area contributed by atoms with Gasteiger partial charge in [0.2, 0.25) is 0 Å². The Kier molecular flexibility index (Phi) is 2.26. The van der Waals surface area contributed by atoms with Crippen LogP contribution >= 0.6 is 0 Å². The van der Waals surface area contributed by atoms with Crippen LogP contribution in [0.15, 0.2) is 34.7 Å². The summed E-state index contributed by atoms with van der Waals surface area (Å²) in [6.45, 7) is 1.73. The van der Waals surface area contributed by atoms with E-state index in [0.717, 1.165) is 5.56 Å². The number of nitrogens with zero attached hydrogens (tertiary/aromatic N) is 1. The molecule has 0 saturated carbocycles. The molecule has 0 aliphatic rings. The van der Waals surface area contributed by atoms with E-state index in [4.69, 9.17) is 9.68 Å². The van der Waals surface area contributed by atoms with Gasteiger partial charge in [-0.15, -0.1) is 0 Å². The van der Waals surface area contributed by atoms with E-state index >= 15 is 0 Å². The zero-order valence-electron chi connectivity index (χ0n) is 8.12. The van der Waals surface area contributed by atoms with Crippen molar-refractivity contribution in [2.24, 2.45) is 0 Å². The molecule has 0 bridgehead atoms. The van der Waals surface area contributed by atoms with Crippen LogP contribution in [-0.2, 0) is 0 Å². The number of hydrogen-bond donors (Lipinski definition) is 0. The normalized spacial score (nSPS) is 9.93. The maximum atomic E-state index is 12.7. The van der Waals surface area contributed by atoms with Crippen molar-refractivity contribution in [1.82, 2.24) is 0 Å². The molecule has 0 unspecified atom stereocenters. The van der Waals surface area contributed by atoms with Gasteiger partial charge in [-0.25, -0.2) is 4.39 Å². The molecule has 0 amide bonds. The lowest BCUT2D eigenvalue weighted by Gasteiger charge is -1.95. The van der Waals surface area contributed by atoms with E-state index in [1.807, 2.05) is 6.07 Å². The molecule has 0 saturated heterocycles. The van der Waals surface area contributed by atoms with Gasteiger partial charge in [0.15, 0.2) is 0 Å². The van der Waals surface area contributed by atoms with Crippen molar-refractivity contribution in [2.75, 3.05) is 0 Å². The predicted molar refractivity (Wildman–Crippen MR) is 53.6 cm³/mol. The molecule has 0 aliphatic heterocycles. The van der Waals surface area contributed by atoms with Gasteiger partial charge in [-0.2, -0.15) is 5.26 Å². The first-order valence-corrected chi connectivity index (χ1v) is 4.47. The van der Waals surface area contributed by atoms with Gasteiger partial charge in [0.25, 0.3) is 0 Å². The number of furan rings is 1. The van der Waals surface area contributed by atoms with Crippen molar-refractivity contribution in [3.05, 3.63) is 47.5 Å². The number of nitriles is 1. The Morgan fingerprint density at radius 3 is 2.47 bits per heavy atom. The molecule has 2 aromatic rings. The molecule has 1 aromatic heterocycles. The number of aryl methyl sites for hydroxylation is 1. The summed E-state index contributed by atoms with van der Waals surface area (Å²) in [6, 6.07) is 9.64. The highest BCUT2D eigenvalue weighted by atomic mass is 19.1. The molecule has 0 aliphatic carbocycles. The predicted octanol–water partition coefficient (Wildman–Crippen LogP) is 3.27. The first-order chi connectivity index (χ1) is 7.20. The number of benzene rings is 1. The van der Waals surface area contributed by atoms with Crippen LogP contribution in [0.25, 0.3) is 11.3 Å². The van der Waals surface area contributed by atoms with Gasteiger partial charge in [-0.1, -0.05) is 0 Å². The van der Waals surface area contributed by atoms with Gasteiger partial charge >= 0.3 is 0 Å². The number of rotatable bonds is 1. The van der Waals surface area contributed by atoms with Crippen LogP contribution in [0.4, 0.5) is 4.39 Å². The van der Waals surface area contributed by atoms with Crippen molar-refractivity contribution in [3.8, 4) is 17.4 Å². The Balaban J connectivity index is 2.46. The zero-order valence-corrected chi connectivity index (χ0v) is 8.12. The molecular weight excluding hydrogens is 193 g/mol. The topological polar surface area (TPSA) is 36.9 Å². The SMILES string of the molecule is Cc1oc(-c2ccc(F)cc2)cc1C#N. The molecule has 15 heavy (non-hydrogen) atoms. The van der Waals surface area contributed by atoms with E-state index in [-0.39, 0.29) is 5.82 Å². The van der Waals surface area contributed by atoms with Crippen molar-refractivity contribution < 1.29 is 8.81 Å². The first kappa shape index (κ1) is 9.47. The van der Waals surface area contributed by atoms with E-state index in [1.165, 1.54) is 12.1 Å². The van der Waals surface area contributed by atoms with Crippen molar-refractivity contribution in [2.45, 2.75) is 6.92 Å².